The van der Waals surface area contributed by atoms with Crippen LogP contribution in [0.25, 0.3) is 0 Å². The van der Waals surface area contributed by atoms with Crippen LogP contribution < -0.4 is 11.1 Å². The highest BCUT2D eigenvalue weighted by Gasteiger charge is 2.35. The zero-order chi connectivity index (χ0) is 12.7. The van der Waals surface area contributed by atoms with Gasteiger partial charge in [-0.2, -0.15) is 11.8 Å². The minimum Gasteiger partial charge on any atom is -0.352 e. The van der Waals surface area contributed by atoms with E-state index in [0.717, 1.165) is 43.6 Å². The Hall–Kier alpha value is 0.0700. The molecule has 5 heteroatoms. The third-order valence-corrected chi connectivity index (χ3v) is 4.41. The Morgan fingerprint density at radius 2 is 2.00 bits per heavy atom. The van der Waals surface area contributed by atoms with Crippen molar-refractivity contribution >= 4 is 30.1 Å². The molecular formula is C13H27ClN2OS. The SMILES string of the molecule is CCSCCC(C)NC(=O)C1(N)CCCCC1.Cl. The van der Waals surface area contributed by atoms with Crippen LogP contribution in [0.1, 0.15) is 52.4 Å². The molecule has 1 rings (SSSR count). The summed E-state index contributed by atoms with van der Waals surface area (Å²) in [6.07, 6.45) is 6.10. The molecule has 0 aromatic rings. The van der Waals surface area contributed by atoms with Crippen LogP contribution in [-0.4, -0.2) is 29.0 Å². The fraction of sp³-hybridized carbons (Fsp3) is 0.923. The van der Waals surface area contributed by atoms with Crippen molar-refractivity contribution in [3.8, 4) is 0 Å². The quantitative estimate of drug-likeness (QED) is 0.741. The van der Waals surface area contributed by atoms with E-state index in [0.29, 0.717) is 0 Å². The molecule has 0 radical (unpaired) electrons. The van der Waals surface area contributed by atoms with Gasteiger partial charge < -0.3 is 11.1 Å². The molecule has 1 unspecified atom stereocenters. The van der Waals surface area contributed by atoms with Crippen LogP contribution in [0.4, 0.5) is 0 Å². The fourth-order valence-electron chi connectivity index (χ4n) is 2.25. The minimum atomic E-state index is -0.593. The molecule has 3 N–H and O–H groups in total. The number of hydrogen-bond donors (Lipinski definition) is 2. The summed E-state index contributed by atoms with van der Waals surface area (Å²) >= 11 is 1.92. The average Bonchev–Trinajstić information content (AvgIpc) is 2.30. The zero-order valence-electron chi connectivity index (χ0n) is 11.5. The van der Waals surface area contributed by atoms with E-state index in [2.05, 4.69) is 19.2 Å². The summed E-state index contributed by atoms with van der Waals surface area (Å²) in [6, 6.07) is 0.240. The predicted molar refractivity (Wildman–Crippen MR) is 82.5 cm³/mol. The molecule has 18 heavy (non-hydrogen) atoms. The molecule has 0 spiro atoms. The maximum absolute atomic E-state index is 12.1. The van der Waals surface area contributed by atoms with Crippen LogP contribution >= 0.6 is 24.2 Å². The molecule has 0 heterocycles. The number of halogens is 1. The van der Waals surface area contributed by atoms with Gasteiger partial charge in [0.15, 0.2) is 0 Å². The van der Waals surface area contributed by atoms with Crippen LogP contribution in [0.3, 0.4) is 0 Å². The topological polar surface area (TPSA) is 55.1 Å². The number of rotatable bonds is 6. The maximum atomic E-state index is 12.1. The molecule has 0 bridgehead atoms. The van der Waals surface area contributed by atoms with E-state index < -0.39 is 5.54 Å². The molecule has 3 nitrogen and oxygen atoms in total. The Kier molecular flexibility index (Phi) is 9.09. The number of thioether (sulfide) groups is 1. The van der Waals surface area contributed by atoms with Gasteiger partial charge in [0.1, 0.15) is 0 Å². The van der Waals surface area contributed by atoms with Gasteiger partial charge in [0.2, 0.25) is 5.91 Å². The molecular weight excluding hydrogens is 268 g/mol. The second-order valence-corrected chi connectivity index (χ2v) is 6.47. The summed E-state index contributed by atoms with van der Waals surface area (Å²) in [5, 5.41) is 3.07. The molecule has 1 aliphatic carbocycles. The number of nitrogens with two attached hydrogens (primary N) is 1. The van der Waals surface area contributed by atoms with Gasteiger partial charge in [-0.15, -0.1) is 12.4 Å². The zero-order valence-corrected chi connectivity index (χ0v) is 13.2. The summed E-state index contributed by atoms with van der Waals surface area (Å²) < 4.78 is 0. The van der Waals surface area contributed by atoms with Crippen LogP contribution in [0, 0.1) is 0 Å². The first-order valence-corrected chi connectivity index (χ1v) is 7.91. The molecule has 1 amide bonds. The van der Waals surface area contributed by atoms with Crippen molar-refractivity contribution in [2.24, 2.45) is 5.73 Å². The first-order valence-electron chi connectivity index (χ1n) is 6.76. The van der Waals surface area contributed by atoms with Gasteiger partial charge in [-0.05, 0) is 37.7 Å². The first-order chi connectivity index (χ1) is 8.08. The van der Waals surface area contributed by atoms with E-state index in [1.807, 2.05) is 11.8 Å². The van der Waals surface area contributed by atoms with Crippen molar-refractivity contribution in [1.82, 2.24) is 5.32 Å². The minimum absolute atomic E-state index is 0. The van der Waals surface area contributed by atoms with E-state index in [9.17, 15) is 4.79 Å². The standard InChI is InChI=1S/C13H26N2OS.ClH/c1-3-17-10-7-11(2)15-12(16)13(14)8-5-4-6-9-13;/h11H,3-10,14H2,1-2H3,(H,15,16);1H. The lowest BCUT2D eigenvalue weighted by molar-refractivity contribution is -0.128. The maximum Gasteiger partial charge on any atom is 0.240 e. The average molecular weight is 295 g/mol. The Bertz CT molecular complexity index is 245. The molecule has 1 atom stereocenters. The van der Waals surface area contributed by atoms with Crippen LogP contribution in [0.2, 0.25) is 0 Å². The Balaban J connectivity index is 0.00000289. The summed E-state index contributed by atoms with van der Waals surface area (Å²) in [7, 11) is 0. The van der Waals surface area contributed by atoms with Gasteiger partial charge in [0.05, 0.1) is 5.54 Å². The van der Waals surface area contributed by atoms with Gasteiger partial charge in [-0.3, -0.25) is 4.79 Å². The lowest BCUT2D eigenvalue weighted by Crippen LogP contribution is -2.56. The van der Waals surface area contributed by atoms with Crippen molar-refractivity contribution in [2.45, 2.75) is 64.0 Å². The van der Waals surface area contributed by atoms with Crippen LogP contribution in [0.15, 0.2) is 0 Å². The van der Waals surface area contributed by atoms with Gasteiger partial charge in [0.25, 0.3) is 0 Å². The van der Waals surface area contributed by atoms with Crippen LogP contribution in [0.5, 0.6) is 0 Å². The van der Waals surface area contributed by atoms with Gasteiger partial charge in [0, 0.05) is 6.04 Å². The molecule has 1 fully saturated rings. The second-order valence-electron chi connectivity index (χ2n) is 5.08. The Morgan fingerprint density at radius 3 is 2.56 bits per heavy atom. The Morgan fingerprint density at radius 1 is 1.39 bits per heavy atom. The summed E-state index contributed by atoms with van der Waals surface area (Å²) in [4.78, 5) is 12.1. The highest BCUT2D eigenvalue weighted by Crippen LogP contribution is 2.26. The first kappa shape index (κ1) is 18.1. The predicted octanol–water partition coefficient (Wildman–Crippen LogP) is 2.72. The smallest absolute Gasteiger partial charge is 0.240 e. The van der Waals surface area contributed by atoms with E-state index in [1.54, 1.807) is 0 Å². The molecule has 0 aliphatic heterocycles. The van der Waals surface area contributed by atoms with E-state index in [4.69, 9.17) is 5.73 Å². The lowest BCUT2D eigenvalue weighted by atomic mass is 9.82. The molecule has 0 aromatic carbocycles. The van der Waals surface area contributed by atoms with Crippen molar-refractivity contribution in [2.75, 3.05) is 11.5 Å². The van der Waals surface area contributed by atoms with Gasteiger partial charge in [-0.1, -0.05) is 26.2 Å². The molecule has 0 saturated heterocycles. The van der Waals surface area contributed by atoms with Crippen molar-refractivity contribution in [3.05, 3.63) is 0 Å². The third-order valence-electron chi connectivity index (χ3n) is 3.47. The summed E-state index contributed by atoms with van der Waals surface area (Å²) in [5.74, 6) is 2.31. The molecule has 108 valence electrons. The highest BCUT2D eigenvalue weighted by molar-refractivity contribution is 7.99. The second kappa shape index (κ2) is 9.05. The van der Waals surface area contributed by atoms with Crippen molar-refractivity contribution < 1.29 is 4.79 Å². The summed E-state index contributed by atoms with van der Waals surface area (Å²) in [5.41, 5.74) is 5.60. The fourth-order valence-corrected chi connectivity index (χ4v) is 3.06. The third kappa shape index (κ3) is 5.81. The van der Waals surface area contributed by atoms with Crippen molar-refractivity contribution in [1.29, 1.82) is 0 Å². The normalized spacial score (nSPS) is 19.7. The largest absolute Gasteiger partial charge is 0.352 e. The van der Waals surface area contributed by atoms with E-state index >= 15 is 0 Å². The number of carbonyl (C=O) groups is 1. The lowest BCUT2D eigenvalue weighted by Gasteiger charge is -2.33. The van der Waals surface area contributed by atoms with E-state index in [-0.39, 0.29) is 24.4 Å². The number of amides is 1. The van der Waals surface area contributed by atoms with Crippen LogP contribution in [-0.2, 0) is 4.79 Å². The molecule has 1 aliphatic rings. The number of nitrogens with one attached hydrogen (secondary N) is 1. The Labute approximate surface area is 121 Å². The molecule has 1 saturated carbocycles. The van der Waals surface area contributed by atoms with Crippen molar-refractivity contribution in [3.63, 3.8) is 0 Å². The highest BCUT2D eigenvalue weighted by atomic mass is 35.5. The van der Waals surface area contributed by atoms with E-state index in [1.165, 1.54) is 6.42 Å². The number of hydrogen-bond acceptors (Lipinski definition) is 3. The number of carbonyl (C=O) groups excluding carboxylic acids is 1. The molecule has 0 aromatic heterocycles. The van der Waals surface area contributed by atoms with Gasteiger partial charge >= 0.3 is 0 Å². The van der Waals surface area contributed by atoms with Gasteiger partial charge in [-0.25, -0.2) is 0 Å². The summed E-state index contributed by atoms with van der Waals surface area (Å²) in [6.45, 7) is 4.23. The monoisotopic (exact) mass is 294 g/mol.